The van der Waals surface area contributed by atoms with Crippen LogP contribution in [0.15, 0.2) is 24.3 Å². The summed E-state index contributed by atoms with van der Waals surface area (Å²) in [6.45, 7) is 10.9. The van der Waals surface area contributed by atoms with Crippen LogP contribution in [0.5, 0.6) is 0 Å². The molecule has 114 valence electrons. The van der Waals surface area contributed by atoms with Crippen molar-refractivity contribution in [1.82, 2.24) is 10.2 Å². The number of nitrogens with zero attached hydrogens (tertiary/aromatic N) is 1. The van der Waals surface area contributed by atoms with E-state index in [4.69, 9.17) is 0 Å². The van der Waals surface area contributed by atoms with E-state index in [0.29, 0.717) is 6.04 Å². The minimum atomic E-state index is -0.163. The lowest BCUT2D eigenvalue weighted by molar-refractivity contribution is 0.269. The molecular weight excluding hydrogens is 251 g/mol. The number of hydrogen-bond acceptors (Lipinski definition) is 2. The Hall–Kier alpha value is -0.930. The molecule has 0 radical (unpaired) electrons. The molecule has 0 amide bonds. The summed E-state index contributed by atoms with van der Waals surface area (Å²) in [6, 6.07) is 7.23. The zero-order valence-corrected chi connectivity index (χ0v) is 13.2. The van der Waals surface area contributed by atoms with E-state index in [9.17, 15) is 4.39 Å². The maximum Gasteiger partial charge on any atom is 0.123 e. The molecule has 0 spiro atoms. The summed E-state index contributed by atoms with van der Waals surface area (Å²) >= 11 is 0. The van der Waals surface area contributed by atoms with Crippen LogP contribution in [0, 0.1) is 5.82 Å². The molecule has 3 heteroatoms. The van der Waals surface area contributed by atoms with E-state index in [1.54, 1.807) is 12.1 Å². The molecule has 2 nitrogen and oxygen atoms in total. The average molecular weight is 280 g/mol. The predicted molar refractivity (Wildman–Crippen MR) is 84.5 cm³/mol. The van der Waals surface area contributed by atoms with Gasteiger partial charge >= 0.3 is 0 Å². The number of halogens is 1. The Morgan fingerprint density at radius 1 is 1.05 bits per heavy atom. The zero-order chi connectivity index (χ0) is 14.8. The molecule has 1 unspecified atom stereocenters. The normalized spacial score (nSPS) is 12.8. The predicted octanol–water partition coefficient (Wildman–Crippen LogP) is 3.99. The fourth-order valence-corrected chi connectivity index (χ4v) is 2.46. The van der Waals surface area contributed by atoms with Gasteiger partial charge in [0.2, 0.25) is 0 Å². The van der Waals surface area contributed by atoms with E-state index in [1.165, 1.54) is 12.0 Å². The first-order chi connectivity index (χ1) is 9.71. The molecule has 0 heterocycles. The Balaban J connectivity index is 2.61. The number of rotatable bonds is 10. The fourth-order valence-electron chi connectivity index (χ4n) is 2.46. The van der Waals surface area contributed by atoms with Gasteiger partial charge in [-0.1, -0.05) is 32.9 Å². The quantitative estimate of drug-likeness (QED) is 0.697. The average Bonchev–Trinajstić information content (AvgIpc) is 2.47. The van der Waals surface area contributed by atoms with Crippen molar-refractivity contribution < 1.29 is 4.39 Å². The summed E-state index contributed by atoms with van der Waals surface area (Å²) in [5.74, 6) is -0.163. The first kappa shape index (κ1) is 17.1. The summed E-state index contributed by atoms with van der Waals surface area (Å²) in [5.41, 5.74) is 1.19. The first-order valence-electron chi connectivity index (χ1n) is 7.92. The van der Waals surface area contributed by atoms with Crippen molar-refractivity contribution >= 4 is 0 Å². The van der Waals surface area contributed by atoms with Crippen molar-refractivity contribution in [3.8, 4) is 0 Å². The highest BCUT2D eigenvalue weighted by molar-refractivity contribution is 5.19. The lowest BCUT2D eigenvalue weighted by Gasteiger charge is -2.24. The van der Waals surface area contributed by atoms with E-state index >= 15 is 0 Å². The molecule has 1 N–H and O–H groups in total. The van der Waals surface area contributed by atoms with Gasteiger partial charge in [0.25, 0.3) is 0 Å². The molecule has 1 aromatic rings. The first-order valence-corrected chi connectivity index (χ1v) is 7.92. The van der Waals surface area contributed by atoms with E-state index in [-0.39, 0.29) is 5.82 Å². The van der Waals surface area contributed by atoms with Gasteiger partial charge in [0.1, 0.15) is 5.82 Å². The van der Waals surface area contributed by atoms with Gasteiger partial charge in [-0.2, -0.15) is 0 Å². The van der Waals surface area contributed by atoms with E-state index in [0.717, 1.165) is 39.0 Å². The third kappa shape index (κ3) is 6.02. The topological polar surface area (TPSA) is 15.3 Å². The van der Waals surface area contributed by atoms with Crippen LogP contribution in [0.25, 0.3) is 0 Å². The molecule has 1 atom stereocenters. The lowest BCUT2D eigenvalue weighted by atomic mass is 10.0. The standard InChI is InChI=1S/C17H29FN2/c1-4-12-19-17(11-14-20(6-3)13-5-2)15-7-9-16(18)10-8-15/h7-10,17,19H,4-6,11-14H2,1-3H3. The van der Waals surface area contributed by atoms with Crippen molar-refractivity contribution in [3.05, 3.63) is 35.6 Å². The molecule has 0 aromatic heterocycles. The molecular formula is C17H29FN2. The van der Waals surface area contributed by atoms with Crippen LogP contribution in [0.1, 0.15) is 51.6 Å². The van der Waals surface area contributed by atoms with Gasteiger partial charge in [-0.25, -0.2) is 4.39 Å². The maximum atomic E-state index is 13.0. The smallest absolute Gasteiger partial charge is 0.123 e. The van der Waals surface area contributed by atoms with Gasteiger partial charge in [0, 0.05) is 6.04 Å². The van der Waals surface area contributed by atoms with Gasteiger partial charge in [0.15, 0.2) is 0 Å². The molecule has 0 aliphatic carbocycles. The largest absolute Gasteiger partial charge is 0.310 e. The summed E-state index contributed by atoms with van der Waals surface area (Å²) < 4.78 is 13.0. The van der Waals surface area contributed by atoms with Gasteiger partial charge in [-0.3, -0.25) is 0 Å². The summed E-state index contributed by atoms with van der Waals surface area (Å²) in [5, 5.41) is 3.58. The molecule has 0 bridgehead atoms. The highest BCUT2D eigenvalue weighted by Crippen LogP contribution is 2.18. The third-order valence-electron chi connectivity index (χ3n) is 3.63. The second-order valence-electron chi connectivity index (χ2n) is 5.28. The van der Waals surface area contributed by atoms with Gasteiger partial charge in [-0.15, -0.1) is 0 Å². The van der Waals surface area contributed by atoms with E-state index in [1.807, 2.05) is 12.1 Å². The Bertz CT molecular complexity index is 351. The number of hydrogen-bond donors (Lipinski definition) is 1. The maximum absolute atomic E-state index is 13.0. The van der Waals surface area contributed by atoms with Crippen LogP contribution in [0.3, 0.4) is 0 Å². The summed E-state index contributed by atoms with van der Waals surface area (Å²) in [7, 11) is 0. The van der Waals surface area contributed by atoms with Crippen molar-refractivity contribution in [3.63, 3.8) is 0 Å². The van der Waals surface area contributed by atoms with Crippen LogP contribution in [-0.2, 0) is 0 Å². The summed E-state index contributed by atoms with van der Waals surface area (Å²) in [4.78, 5) is 2.48. The minimum absolute atomic E-state index is 0.163. The van der Waals surface area contributed by atoms with E-state index in [2.05, 4.69) is 31.0 Å². The monoisotopic (exact) mass is 280 g/mol. The van der Waals surface area contributed by atoms with Crippen LogP contribution in [0.2, 0.25) is 0 Å². The molecule has 0 aliphatic heterocycles. The third-order valence-corrected chi connectivity index (χ3v) is 3.63. The second kappa shape index (κ2) is 9.89. The van der Waals surface area contributed by atoms with Gasteiger partial charge < -0.3 is 10.2 Å². The van der Waals surface area contributed by atoms with E-state index < -0.39 is 0 Å². The molecule has 20 heavy (non-hydrogen) atoms. The molecule has 0 saturated heterocycles. The number of benzene rings is 1. The van der Waals surface area contributed by atoms with Crippen molar-refractivity contribution in [2.24, 2.45) is 0 Å². The van der Waals surface area contributed by atoms with Crippen LogP contribution >= 0.6 is 0 Å². The lowest BCUT2D eigenvalue weighted by Crippen LogP contribution is -2.30. The minimum Gasteiger partial charge on any atom is -0.310 e. The van der Waals surface area contributed by atoms with Gasteiger partial charge in [-0.05, 0) is 63.1 Å². The van der Waals surface area contributed by atoms with Crippen LogP contribution in [-0.4, -0.2) is 31.1 Å². The van der Waals surface area contributed by atoms with Crippen molar-refractivity contribution in [2.75, 3.05) is 26.2 Å². The highest BCUT2D eigenvalue weighted by atomic mass is 19.1. The van der Waals surface area contributed by atoms with Crippen LogP contribution < -0.4 is 5.32 Å². The van der Waals surface area contributed by atoms with Crippen molar-refractivity contribution in [1.29, 1.82) is 0 Å². The fraction of sp³-hybridized carbons (Fsp3) is 0.647. The SMILES string of the molecule is CCCNC(CCN(CC)CCC)c1ccc(F)cc1. The molecule has 1 aromatic carbocycles. The Labute approximate surface area is 123 Å². The zero-order valence-electron chi connectivity index (χ0n) is 13.2. The summed E-state index contributed by atoms with van der Waals surface area (Å²) in [6.07, 6.45) is 3.38. The van der Waals surface area contributed by atoms with Crippen LogP contribution in [0.4, 0.5) is 4.39 Å². The molecule has 0 aliphatic rings. The Morgan fingerprint density at radius 3 is 2.30 bits per heavy atom. The second-order valence-corrected chi connectivity index (χ2v) is 5.28. The van der Waals surface area contributed by atoms with Gasteiger partial charge in [0.05, 0.1) is 0 Å². The number of nitrogens with one attached hydrogen (secondary N) is 1. The Kier molecular flexibility index (Phi) is 8.47. The highest BCUT2D eigenvalue weighted by Gasteiger charge is 2.12. The van der Waals surface area contributed by atoms with Crippen molar-refractivity contribution in [2.45, 2.75) is 46.1 Å². The molecule has 0 saturated carbocycles. The Morgan fingerprint density at radius 2 is 1.75 bits per heavy atom. The molecule has 0 fully saturated rings. The molecule has 1 rings (SSSR count).